The first-order valence-electron chi connectivity index (χ1n) is 4.94. The van der Waals surface area contributed by atoms with E-state index in [2.05, 4.69) is 0 Å². The van der Waals surface area contributed by atoms with E-state index in [9.17, 15) is 13.2 Å². The highest BCUT2D eigenvalue weighted by molar-refractivity contribution is 14.1. The summed E-state index contributed by atoms with van der Waals surface area (Å²) in [6.07, 6.45) is -2.71. The minimum absolute atomic E-state index is 0.0761. The molecule has 6 heteroatoms. The van der Waals surface area contributed by atoms with Crippen molar-refractivity contribution >= 4 is 30.4 Å². The molecular formula is C10H11BF3IO. The third-order valence-corrected chi connectivity index (χ3v) is 2.68. The van der Waals surface area contributed by atoms with Crippen LogP contribution in [0.1, 0.15) is 12.0 Å². The van der Waals surface area contributed by atoms with Crippen molar-refractivity contribution in [3.8, 4) is 5.75 Å². The van der Waals surface area contributed by atoms with Crippen molar-refractivity contribution in [3.05, 3.63) is 27.3 Å². The molecule has 1 aromatic carbocycles. The molecule has 0 aliphatic rings. The smallest absolute Gasteiger partial charge is 0.419 e. The molecule has 1 aromatic rings. The summed E-state index contributed by atoms with van der Waals surface area (Å²) in [6, 6.07) is 3.90. The maximum atomic E-state index is 12.6. The summed E-state index contributed by atoms with van der Waals surface area (Å²) < 4.78 is 43.7. The highest BCUT2D eigenvalue weighted by atomic mass is 127. The van der Waals surface area contributed by atoms with Crippen molar-refractivity contribution in [1.82, 2.24) is 0 Å². The monoisotopic (exact) mass is 342 g/mol. The van der Waals surface area contributed by atoms with Gasteiger partial charge in [0.25, 0.3) is 0 Å². The zero-order valence-electron chi connectivity index (χ0n) is 8.77. The van der Waals surface area contributed by atoms with Gasteiger partial charge in [0.15, 0.2) is 0 Å². The van der Waals surface area contributed by atoms with Crippen molar-refractivity contribution in [3.63, 3.8) is 0 Å². The predicted octanol–water partition coefficient (Wildman–Crippen LogP) is 3.13. The normalized spacial score (nSPS) is 11.5. The molecule has 16 heavy (non-hydrogen) atoms. The molecule has 1 rings (SSSR count). The third-order valence-electron chi connectivity index (χ3n) is 2.00. The molecule has 0 aliphatic carbocycles. The SMILES string of the molecule is BCCCOc1cc(I)ccc1C(F)(F)F. The summed E-state index contributed by atoms with van der Waals surface area (Å²) in [7, 11) is 1.96. The molecule has 0 aliphatic heterocycles. The van der Waals surface area contributed by atoms with Gasteiger partial charge in [0.05, 0.1) is 12.2 Å². The Balaban J connectivity index is 2.90. The van der Waals surface area contributed by atoms with E-state index < -0.39 is 11.7 Å². The molecule has 0 bridgehead atoms. The first kappa shape index (κ1) is 13.7. The molecule has 1 nitrogen and oxygen atoms in total. The van der Waals surface area contributed by atoms with E-state index in [1.807, 2.05) is 30.4 Å². The summed E-state index contributed by atoms with van der Waals surface area (Å²) >= 11 is 1.96. The van der Waals surface area contributed by atoms with Gasteiger partial charge in [0.1, 0.15) is 13.6 Å². The highest BCUT2D eigenvalue weighted by Crippen LogP contribution is 2.36. The van der Waals surface area contributed by atoms with Gasteiger partial charge in [-0.15, -0.1) is 0 Å². The van der Waals surface area contributed by atoms with Crippen LogP contribution in [0.2, 0.25) is 6.32 Å². The molecule has 0 saturated carbocycles. The zero-order valence-corrected chi connectivity index (χ0v) is 10.9. The largest absolute Gasteiger partial charge is 0.493 e. The molecular weight excluding hydrogens is 331 g/mol. The molecule has 0 N–H and O–H groups in total. The van der Waals surface area contributed by atoms with Crippen LogP contribution in [0.4, 0.5) is 13.2 Å². The second-order valence-electron chi connectivity index (χ2n) is 3.34. The minimum Gasteiger partial charge on any atom is -0.493 e. The summed E-state index contributed by atoms with van der Waals surface area (Å²) in [5.74, 6) is -0.0761. The molecule has 0 atom stereocenters. The Morgan fingerprint density at radius 1 is 1.31 bits per heavy atom. The predicted molar refractivity (Wildman–Crippen MR) is 67.6 cm³/mol. The van der Waals surface area contributed by atoms with Crippen LogP contribution in [0, 0.1) is 3.57 Å². The maximum Gasteiger partial charge on any atom is 0.419 e. The average Bonchev–Trinajstić information content (AvgIpc) is 2.16. The average molecular weight is 342 g/mol. The third kappa shape index (κ3) is 3.88. The Bertz CT molecular complexity index is 354. The van der Waals surface area contributed by atoms with Crippen LogP contribution < -0.4 is 4.74 Å². The van der Waals surface area contributed by atoms with Crippen LogP contribution in [0.25, 0.3) is 0 Å². The lowest BCUT2D eigenvalue weighted by molar-refractivity contribution is -0.138. The van der Waals surface area contributed by atoms with Crippen LogP contribution in [0.15, 0.2) is 18.2 Å². The molecule has 0 unspecified atom stereocenters. The van der Waals surface area contributed by atoms with Gasteiger partial charge in [-0.1, -0.05) is 6.32 Å². The van der Waals surface area contributed by atoms with Gasteiger partial charge >= 0.3 is 6.18 Å². The summed E-state index contributed by atoms with van der Waals surface area (Å²) in [4.78, 5) is 0. The molecule has 0 aromatic heterocycles. The Kier molecular flexibility index (Phi) is 4.95. The van der Waals surface area contributed by atoms with Crippen LogP contribution in [-0.4, -0.2) is 14.5 Å². The van der Waals surface area contributed by atoms with E-state index in [4.69, 9.17) is 4.74 Å². The molecule has 88 valence electrons. The second kappa shape index (κ2) is 5.79. The number of hydrogen-bond donors (Lipinski definition) is 0. The van der Waals surface area contributed by atoms with Crippen molar-refractivity contribution in [2.45, 2.75) is 18.9 Å². The fourth-order valence-electron chi connectivity index (χ4n) is 1.18. The number of hydrogen-bond acceptors (Lipinski definition) is 1. The highest BCUT2D eigenvalue weighted by Gasteiger charge is 2.34. The quantitative estimate of drug-likeness (QED) is 0.464. The Morgan fingerprint density at radius 3 is 2.56 bits per heavy atom. The van der Waals surface area contributed by atoms with Crippen LogP contribution in [-0.2, 0) is 6.18 Å². The van der Waals surface area contributed by atoms with E-state index in [1.54, 1.807) is 0 Å². The van der Waals surface area contributed by atoms with Gasteiger partial charge in [-0.3, -0.25) is 0 Å². The van der Waals surface area contributed by atoms with Crippen LogP contribution in [0.3, 0.4) is 0 Å². The van der Waals surface area contributed by atoms with Gasteiger partial charge in [-0.25, -0.2) is 0 Å². The molecule has 0 saturated heterocycles. The van der Waals surface area contributed by atoms with E-state index in [1.165, 1.54) is 12.1 Å². The zero-order chi connectivity index (χ0) is 12.2. The van der Waals surface area contributed by atoms with Crippen molar-refractivity contribution < 1.29 is 17.9 Å². The number of alkyl halides is 3. The number of benzene rings is 1. The van der Waals surface area contributed by atoms with Crippen molar-refractivity contribution in [2.24, 2.45) is 0 Å². The molecule has 0 radical (unpaired) electrons. The van der Waals surface area contributed by atoms with Crippen molar-refractivity contribution in [1.29, 1.82) is 0 Å². The van der Waals surface area contributed by atoms with Gasteiger partial charge < -0.3 is 4.74 Å². The van der Waals surface area contributed by atoms with E-state index in [-0.39, 0.29) is 5.75 Å². The molecule has 0 fully saturated rings. The minimum atomic E-state index is -4.36. The first-order chi connectivity index (χ1) is 7.45. The van der Waals surface area contributed by atoms with Gasteiger partial charge in [0.2, 0.25) is 0 Å². The van der Waals surface area contributed by atoms with Crippen LogP contribution >= 0.6 is 22.6 Å². The van der Waals surface area contributed by atoms with E-state index in [0.717, 1.165) is 22.4 Å². The molecule has 0 heterocycles. The van der Waals surface area contributed by atoms with Gasteiger partial charge in [0, 0.05) is 3.57 Å². The summed E-state index contributed by atoms with van der Waals surface area (Å²) in [5.41, 5.74) is -0.705. The van der Waals surface area contributed by atoms with Crippen LogP contribution in [0.5, 0.6) is 5.75 Å². The van der Waals surface area contributed by atoms with E-state index in [0.29, 0.717) is 6.61 Å². The fourth-order valence-corrected chi connectivity index (χ4v) is 1.64. The van der Waals surface area contributed by atoms with Gasteiger partial charge in [-0.05, 0) is 47.2 Å². The molecule has 0 amide bonds. The Hall–Kier alpha value is -0.395. The maximum absolute atomic E-state index is 12.6. The second-order valence-corrected chi connectivity index (χ2v) is 4.59. The number of ether oxygens (including phenoxy) is 1. The summed E-state index contributed by atoms with van der Waals surface area (Å²) in [6.45, 7) is 0.319. The lowest BCUT2D eigenvalue weighted by atomic mass is 10.0. The Morgan fingerprint density at radius 2 is 2.00 bits per heavy atom. The lowest BCUT2D eigenvalue weighted by Crippen LogP contribution is -2.09. The summed E-state index contributed by atoms with van der Waals surface area (Å²) in [5, 5.41) is 0. The van der Waals surface area contributed by atoms with Gasteiger partial charge in [-0.2, -0.15) is 13.2 Å². The standard InChI is InChI=1S/C10H11BF3IO/c11-4-1-5-16-9-6-7(15)2-3-8(9)10(12,13)14/h2-3,6H,1,4-5,11H2. The van der Waals surface area contributed by atoms with Crippen molar-refractivity contribution in [2.75, 3.05) is 6.61 Å². The van der Waals surface area contributed by atoms with E-state index >= 15 is 0 Å². The lowest BCUT2D eigenvalue weighted by Gasteiger charge is -2.14. The first-order valence-corrected chi connectivity index (χ1v) is 6.02. The Labute approximate surface area is 107 Å². The molecule has 0 spiro atoms. The number of rotatable bonds is 4. The topological polar surface area (TPSA) is 9.23 Å². The number of halogens is 4. The fraction of sp³-hybridized carbons (Fsp3) is 0.400.